The van der Waals surface area contributed by atoms with Crippen LogP contribution in [0, 0.1) is 11.8 Å². The molecule has 2 saturated heterocycles. The third-order valence-corrected chi connectivity index (χ3v) is 5.24. The number of carboxylic acid groups (broad SMARTS) is 1. The van der Waals surface area contributed by atoms with E-state index in [4.69, 9.17) is 5.11 Å². The molecule has 0 bridgehead atoms. The van der Waals surface area contributed by atoms with Gasteiger partial charge in [-0.1, -0.05) is 12.8 Å². The van der Waals surface area contributed by atoms with Crippen LogP contribution in [-0.2, 0) is 9.59 Å². The first-order valence-electron chi connectivity index (χ1n) is 7.93. The average molecular weight is 280 g/mol. The maximum Gasteiger partial charge on any atom is 0.308 e. The van der Waals surface area contributed by atoms with E-state index in [-0.39, 0.29) is 17.9 Å². The van der Waals surface area contributed by atoms with E-state index in [1.165, 1.54) is 25.7 Å². The maximum absolute atomic E-state index is 12.6. The fourth-order valence-electron chi connectivity index (χ4n) is 4.11. The van der Waals surface area contributed by atoms with Gasteiger partial charge in [0.25, 0.3) is 0 Å². The zero-order chi connectivity index (χ0) is 14.1. The summed E-state index contributed by atoms with van der Waals surface area (Å²) < 4.78 is 0. The monoisotopic (exact) mass is 280 g/mol. The van der Waals surface area contributed by atoms with Crippen molar-refractivity contribution in [2.75, 3.05) is 13.1 Å². The first-order chi connectivity index (χ1) is 9.65. The van der Waals surface area contributed by atoms with Crippen molar-refractivity contribution in [3.05, 3.63) is 0 Å². The lowest BCUT2D eigenvalue weighted by Crippen LogP contribution is -2.50. The van der Waals surface area contributed by atoms with Crippen LogP contribution in [0.3, 0.4) is 0 Å². The summed E-state index contributed by atoms with van der Waals surface area (Å²) in [6.07, 6.45) is 7.42. The number of carbonyl (C=O) groups excluding carboxylic acids is 1. The Morgan fingerprint density at radius 3 is 2.65 bits per heavy atom. The van der Waals surface area contributed by atoms with E-state index < -0.39 is 5.97 Å². The topological polar surface area (TPSA) is 69.6 Å². The van der Waals surface area contributed by atoms with E-state index in [2.05, 4.69) is 5.32 Å². The molecule has 0 aromatic heterocycles. The van der Waals surface area contributed by atoms with E-state index in [1.807, 2.05) is 0 Å². The van der Waals surface area contributed by atoms with Gasteiger partial charge in [-0.2, -0.15) is 0 Å². The van der Waals surface area contributed by atoms with Gasteiger partial charge in [-0.05, 0) is 38.0 Å². The van der Waals surface area contributed by atoms with Crippen molar-refractivity contribution in [2.45, 2.75) is 57.0 Å². The van der Waals surface area contributed by atoms with Gasteiger partial charge in [0.15, 0.2) is 0 Å². The molecule has 0 aromatic carbocycles. The molecule has 3 aliphatic rings. The number of aliphatic carboxylic acids is 1. The van der Waals surface area contributed by atoms with Crippen molar-refractivity contribution < 1.29 is 14.7 Å². The molecular formula is C15H24N2O3. The Bertz CT molecular complexity index is 385. The number of nitrogens with zero attached hydrogens (tertiary/aromatic N) is 1. The van der Waals surface area contributed by atoms with Crippen LogP contribution < -0.4 is 5.32 Å². The first kappa shape index (κ1) is 13.9. The van der Waals surface area contributed by atoms with E-state index in [1.54, 1.807) is 4.90 Å². The summed E-state index contributed by atoms with van der Waals surface area (Å²) in [6, 6.07) is 0.438. The van der Waals surface area contributed by atoms with Crippen LogP contribution in [-0.4, -0.2) is 47.1 Å². The quantitative estimate of drug-likeness (QED) is 0.798. The molecule has 1 saturated carbocycles. The third-order valence-electron chi connectivity index (χ3n) is 5.24. The Morgan fingerprint density at radius 1 is 1.10 bits per heavy atom. The predicted molar refractivity (Wildman–Crippen MR) is 74.2 cm³/mol. The highest BCUT2D eigenvalue weighted by molar-refractivity contribution is 5.83. The highest BCUT2D eigenvalue weighted by Crippen LogP contribution is 2.34. The lowest BCUT2D eigenvalue weighted by molar-refractivity contribution is -0.146. The lowest BCUT2D eigenvalue weighted by Gasteiger charge is -2.32. The third kappa shape index (κ3) is 2.68. The van der Waals surface area contributed by atoms with E-state index in [9.17, 15) is 9.59 Å². The number of amides is 1. The van der Waals surface area contributed by atoms with Gasteiger partial charge in [0, 0.05) is 19.1 Å². The summed E-state index contributed by atoms with van der Waals surface area (Å²) in [5.74, 6) is -0.366. The van der Waals surface area contributed by atoms with Gasteiger partial charge in [-0.15, -0.1) is 0 Å². The number of nitrogens with one attached hydrogen (secondary N) is 1. The SMILES string of the molecule is O=C(O)[C@H]1CCCN(C(=O)C2CC3CCCCC3N2)C1. The van der Waals surface area contributed by atoms with E-state index in [0.717, 1.165) is 19.4 Å². The number of carbonyl (C=O) groups is 2. The minimum Gasteiger partial charge on any atom is -0.481 e. The fourth-order valence-corrected chi connectivity index (χ4v) is 4.11. The Morgan fingerprint density at radius 2 is 1.90 bits per heavy atom. The molecule has 4 atom stereocenters. The van der Waals surface area contributed by atoms with Crippen molar-refractivity contribution >= 4 is 11.9 Å². The van der Waals surface area contributed by atoms with Crippen LogP contribution >= 0.6 is 0 Å². The van der Waals surface area contributed by atoms with Gasteiger partial charge < -0.3 is 15.3 Å². The van der Waals surface area contributed by atoms with Gasteiger partial charge >= 0.3 is 5.97 Å². The summed E-state index contributed by atoms with van der Waals surface area (Å²) >= 11 is 0. The molecule has 0 aromatic rings. The van der Waals surface area contributed by atoms with Crippen LogP contribution in [0.5, 0.6) is 0 Å². The largest absolute Gasteiger partial charge is 0.481 e. The minimum atomic E-state index is -0.768. The lowest BCUT2D eigenvalue weighted by atomic mass is 9.85. The molecule has 3 unspecified atom stereocenters. The molecule has 3 fully saturated rings. The second kappa shape index (κ2) is 5.72. The first-order valence-corrected chi connectivity index (χ1v) is 7.93. The number of hydrogen-bond donors (Lipinski definition) is 2. The molecule has 2 N–H and O–H groups in total. The predicted octanol–water partition coefficient (Wildman–Crippen LogP) is 1.23. The highest BCUT2D eigenvalue weighted by Gasteiger charge is 2.40. The second-order valence-electron chi connectivity index (χ2n) is 6.57. The molecule has 1 amide bonds. The van der Waals surface area contributed by atoms with Crippen molar-refractivity contribution in [1.82, 2.24) is 10.2 Å². The summed E-state index contributed by atoms with van der Waals surface area (Å²) in [5.41, 5.74) is 0. The van der Waals surface area contributed by atoms with Crippen molar-refractivity contribution in [3.63, 3.8) is 0 Å². The summed E-state index contributed by atoms with van der Waals surface area (Å²) in [4.78, 5) is 25.5. The number of fused-ring (bicyclic) bond motifs is 1. The van der Waals surface area contributed by atoms with Crippen molar-refractivity contribution in [3.8, 4) is 0 Å². The second-order valence-corrected chi connectivity index (χ2v) is 6.57. The normalized spacial score (nSPS) is 37.5. The molecule has 20 heavy (non-hydrogen) atoms. The minimum absolute atomic E-state index is 0.0735. The van der Waals surface area contributed by atoms with Gasteiger partial charge in [0.1, 0.15) is 0 Å². The Hall–Kier alpha value is -1.10. The van der Waals surface area contributed by atoms with E-state index in [0.29, 0.717) is 24.9 Å². The van der Waals surface area contributed by atoms with Gasteiger partial charge in [0.2, 0.25) is 5.91 Å². The standard InChI is InChI=1S/C15H24N2O3/c18-14(17-7-3-5-11(9-17)15(19)20)13-8-10-4-1-2-6-12(10)16-13/h10-13,16H,1-9H2,(H,19,20)/t10?,11-,12?,13?/m0/s1. The molecule has 0 spiro atoms. The van der Waals surface area contributed by atoms with Crippen LogP contribution in [0.2, 0.25) is 0 Å². The zero-order valence-electron chi connectivity index (χ0n) is 11.9. The van der Waals surface area contributed by atoms with Crippen LogP contribution in [0.1, 0.15) is 44.9 Å². The molecule has 1 aliphatic carbocycles. The maximum atomic E-state index is 12.6. The highest BCUT2D eigenvalue weighted by atomic mass is 16.4. The molecule has 0 radical (unpaired) electrons. The summed E-state index contributed by atoms with van der Waals surface area (Å²) in [6.45, 7) is 1.11. The molecule has 5 heteroatoms. The smallest absolute Gasteiger partial charge is 0.308 e. The average Bonchev–Trinajstić information content (AvgIpc) is 2.90. The Balaban J connectivity index is 1.60. The molecule has 112 valence electrons. The van der Waals surface area contributed by atoms with Gasteiger partial charge in [-0.25, -0.2) is 0 Å². The number of piperidine rings is 1. The zero-order valence-corrected chi connectivity index (χ0v) is 11.9. The van der Waals surface area contributed by atoms with Crippen LogP contribution in [0.25, 0.3) is 0 Å². The summed E-state index contributed by atoms with van der Waals surface area (Å²) in [7, 11) is 0. The number of carboxylic acids is 1. The molecule has 3 rings (SSSR count). The van der Waals surface area contributed by atoms with E-state index >= 15 is 0 Å². The summed E-state index contributed by atoms with van der Waals surface area (Å²) in [5, 5.41) is 12.6. The van der Waals surface area contributed by atoms with Crippen LogP contribution in [0.15, 0.2) is 0 Å². The van der Waals surface area contributed by atoms with Crippen molar-refractivity contribution in [2.24, 2.45) is 11.8 Å². The molecular weight excluding hydrogens is 256 g/mol. The Kier molecular flexibility index (Phi) is 3.96. The number of hydrogen-bond acceptors (Lipinski definition) is 3. The van der Waals surface area contributed by atoms with Crippen molar-refractivity contribution in [1.29, 1.82) is 0 Å². The van der Waals surface area contributed by atoms with Gasteiger partial charge in [-0.3, -0.25) is 9.59 Å². The van der Waals surface area contributed by atoms with Gasteiger partial charge in [0.05, 0.1) is 12.0 Å². The fraction of sp³-hybridized carbons (Fsp3) is 0.867. The van der Waals surface area contributed by atoms with Crippen LogP contribution in [0.4, 0.5) is 0 Å². The molecule has 2 aliphatic heterocycles. The molecule has 5 nitrogen and oxygen atoms in total. The number of likely N-dealkylation sites (tertiary alicyclic amines) is 1. The Labute approximate surface area is 119 Å². The molecule has 2 heterocycles. The number of rotatable bonds is 2.